The van der Waals surface area contributed by atoms with E-state index in [1.54, 1.807) is 24.3 Å². The van der Waals surface area contributed by atoms with Gasteiger partial charge >= 0.3 is 0 Å². The summed E-state index contributed by atoms with van der Waals surface area (Å²) < 4.78 is 30.1. The lowest BCUT2D eigenvalue weighted by Gasteiger charge is -2.21. The Bertz CT molecular complexity index is 983. The molecule has 0 fully saturated rings. The van der Waals surface area contributed by atoms with Crippen molar-refractivity contribution in [2.75, 3.05) is 24.7 Å². The lowest BCUT2D eigenvalue weighted by Crippen LogP contribution is -2.30. The van der Waals surface area contributed by atoms with Crippen molar-refractivity contribution in [2.24, 2.45) is 5.10 Å². The van der Waals surface area contributed by atoms with Crippen LogP contribution in [-0.4, -0.2) is 45.0 Å². The largest absolute Gasteiger partial charge is 0.375 e. The molecule has 7 nitrogen and oxygen atoms in total. The smallest absolute Gasteiger partial charge is 0.269 e. The fraction of sp³-hybridized carbons (Fsp3) is 0.300. The number of hydrogen-bond donors (Lipinski definition) is 1. The molecule has 0 aromatic heterocycles. The molecule has 0 unspecified atom stereocenters. The Labute approximate surface area is 165 Å². The molecule has 3 rings (SSSR count). The fourth-order valence-electron chi connectivity index (χ4n) is 3.10. The van der Waals surface area contributed by atoms with Crippen LogP contribution in [0, 0.1) is 6.92 Å². The molecule has 0 aliphatic carbocycles. The maximum Gasteiger partial charge on any atom is 0.269 e. The minimum atomic E-state index is -3.33. The van der Waals surface area contributed by atoms with Crippen LogP contribution in [0.3, 0.4) is 0 Å². The van der Waals surface area contributed by atoms with Crippen LogP contribution in [0.1, 0.15) is 29.2 Å². The highest BCUT2D eigenvalue weighted by Gasteiger charge is 2.32. The van der Waals surface area contributed by atoms with E-state index in [0.29, 0.717) is 12.1 Å². The number of hydrogen-bond acceptors (Lipinski definition) is 5. The van der Waals surface area contributed by atoms with E-state index in [2.05, 4.69) is 9.82 Å². The first kappa shape index (κ1) is 20.0. The molecule has 0 radical (unpaired) electrons. The molecule has 0 saturated heterocycles. The van der Waals surface area contributed by atoms with Gasteiger partial charge in [0, 0.05) is 19.2 Å². The highest BCUT2D eigenvalue weighted by Crippen LogP contribution is 2.33. The van der Waals surface area contributed by atoms with Gasteiger partial charge in [0.05, 0.1) is 18.0 Å². The number of carbonyl (C=O) groups excluding carboxylic acids is 1. The first-order valence-corrected chi connectivity index (χ1v) is 10.7. The third-order valence-electron chi connectivity index (χ3n) is 4.42. The summed E-state index contributed by atoms with van der Waals surface area (Å²) in [5.41, 5.74) is 4.23. The molecule has 1 heterocycles. The molecule has 8 heteroatoms. The van der Waals surface area contributed by atoms with Crippen LogP contribution in [0.25, 0.3) is 0 Å². The molecule has 28 heavy (non-hydrogen) atoms. The second-order valence-corrected chi connectivity index (χ2v) is 8.55. The Hall–Kier alpha value is -2.71. The van der Waals surface area contributed by atoms with E-state index in [1.165, 1.54) is 12.1 Å². The normalized spacial score (nSPS) is 16.8. The van der Waals surface area contributed by atoms with Gasteiger partial charge in [0.2, 0.25) is 10.0 Å². The monoisotopic (exact) mass is 401 g/mol. The Morgan fingerprint density at radius 3 is 2.39 bits per heavy atom. The minimum Gasteiger partial charge on any atom is -0.375 e. The average molecular weight is 401 g/mol. The summed E-state index contributed by atoms with van der Waals surface area (Å²) in [6.45, 7) is 1.97. The van der Waals surface area contributed by atoms with Crippen LogP contribution in [0.2, 0.25) is 0 Å². The first-order chi connectivity index (χ1) is 13.3. The molecule has 148 valence electrons. The number of amides is 1. The zero-order valence-corrected chi connectivity index (χ0v) is 16.9. The van der Waals surface area contributed by atoms with Crippen molar-refractivity contribution in [3.05, 3.63) is 65.2 Å². The van der Waals surface area contributed by atoms with Crippen molar-refractivity contribution in [3.63, 3.8) is 0 Å². The third-order valence-corrected chi connectivity index (χ3v) is 5.02. The van der Waals surface area contributed by atoms with Gasteiger partial charge in [-0.25, -0.2) is 13.4 Å². The number of nitrogens with one attached hydrogen (secondary N) is 1. The summed E-state index contributed by atoms with van der Waals surface area (Å²) >= 11 is 0. The lowest BCUT2D eigenvalue weighted by atomic mass is 9.97. The molecule has 1 aliphatic heterocycles. The van der Waals surface area contributed by atoms with Gasteiger partial charge in [-0.2, -0.15) is 5.10 Å². The maximum absolute atomic E-state index is 12.5. The van der Waals surface area contributed by atoms with Crippen molar-refractivity contribution >= 4 is 27.3 Å². The number of aryl methyl sites for hydroxylation is 1. The van der Waals surface area contributed by atoms with Crippen LogP contribution >= 0.6 is 0 Å². The predicted molar refractivity (Wildman–Crippen MR) is 109 cm³/mol. The number of benzene rings is 2. The number of hydrazone groups is 1. The Kier molecular flexibility index (Phi) is 5.81. The number of methoxy groups -OCH3 is 1. The molecule has 1 aliphatic rings. The van der Waals surface area contributed by atoms with Crippen molar-refractivity contribution in [2.45, 2.75) is 19.4 Å². The van der Waals surface area contributed by atoms with E-state index >= 15 is 0 Å². The van der Waals surface area contributed by atoms with Gasteiger partial charge in [-0.05, 0) is 30.2 Å². The standard InChI is InChI=1S/C20H23N3O4S/c1-14-4-6-16(7-5-14)19-12-18(21-23(19)20(24)13-27-2)15-8-10-17(11-9-15)22-28(3,25)26/h4-11,19,22H,12-13H2,1-3H3/t19-/m0/s1. The lowest BCUT2D eigenvalue weighted by molar-refractivity contribution is -0.137. The van der Waals surface area contributed by atoms with E-state index in [1.807, 2.05) is 31.2 Å². The number of nitrogens with zero attached hydrogens (tertiary/aromatic N) is 2. The molecule has 0 spiro atoms. The molecule has 1 amide bonds. The van der Waals surface area contributed by atoms with E-state index in [4.69, 9.17) is 4.74 Å². The summed E-state index contributed by atoms with van der Waals surface area (Å²) in [4.78, 5) is 12.5. The van der Waals surface area contributed by atoms with Crippen molar-refractivity contribution in [1.29, 1.82) is 0 Å². The maximum atomic E-state index is 12.5. The summed E-state index contributed by atoms with van der Waals surface area (Å²) in [5, 5.41) is 6.02. The van der Waals surface area contributed by atoms with Gasteiger partial charge < -0.3 is 4.74 Å². The van der Waals surface area contributed by atoms with Gasteiger partial charge in [-0.15, -0.1) is 0 Å². The fourth-order valence-corrected chi connectivity index (χ4v) is 3.66. The Morgan fingerprint density at radius 1 is 1.18 bits per heavy atom. The molecule has 0 saturated carbocycles. The van der Waals surface area contributed by atoms with Crippen molar-refractivity contribution in [1.82, 2.24) is 5.01 Å². The summed E-state index contributed by atoms with van der Waals surface area (Å²) in [7, 11) is -1.85. The van der Waals surface area contributed by atoms with Crippen molar-refractivity contribution < 1.29 is 17.9 Å². The SMILES string of the molecule is COCC(=O)N1N=C(c2ccc(NS(C)(=O)=O)cc2)C[C@H]1c1ccc(C)cc1. The van der Waals surface area contributed by atoms with E-state index in [-0.39, 0.29) is 18.6 Å². The molecule has 2 aromatic carbocycles. The van der Waals surface area contributed by atoms with Crippen molar-refractivity contribution in [3.8, 4) is 0 Å². The van der Waals surface area contributed by atoms with Crippen LogP contribution in [0.15, 0.2) is 53.6 Å². The van der Waals surface area contributed by atoms with E-state index in [9.17, 15) is 13.2 Å². The van der Waals surface area contributed by atoms with Gasteiger partial charge in [0.15, 0.2) is 0 Å². The number of ether oxygens (including phenoxy) is 1. The molecule has 1 N–H and O–H groups in total. The molecule has 1 atom stereocenters. The predicted octanol–water partition coefficient (Wildman–Crippen LogP) is 2.69. The molecule has 0 bridgehead atoms. The number of sulfonamides is 1. The van der Waals surface area contributed by atoms with E-state index < -0.39 is 10.0 Å². The second-order valence-electron chi connectivity index (χ2n) is 6.80. The Balaban J connectivity index is 1.87. The van der Waals surface area contributed by atoms with Crippen LogP contribution < -0.4 is 4.72 Å². The average Bonchev–Trinajstić information content (AvgIpc) is 3.07. The third kappa shape index (κ3) is 4.76. The molecular weight excluding hydrogens is 378 g/mol. The highest BCUT2D eigenvalue weighted by atomic mass is 32.2. The quantitative estimate of drug-likeness (QED) is 0.806. The van der Waals surface area contributed by atoms with Gasteiger partial charge in [-0.1, -0.05) is 42.0 Å². The molecule has 2 aromatic rings. The van der Waals surface area contributed by atoms with Gasteiger partial charge in [-0.3, -0.25) is 9.52 Å². The second kappa shape index (κ2) is 8.12. The zero-order valence-electron chi connectivity index (χ0n) is 16.0. The zero-order chi connectivity index (χ0) is 20.3. The Morgan fingerprint density at radius 2 is 1.82 bits per heavy atom. The van der Waals surface area contributed by atoms with Gasteiger partial charge in [0.25, 0.3) is 5.91 Å². The summed E-state index contributed by atoms with van der Waals surface area (Å²) in [5.74, 6) is -0.210. The van der Waals surface area contributed by atoms with Crippen LogP contribution in [0.5, 0.6) is 0 Å². The molecular formula is C20H23N3O4S. The minimum absolute atomic E-state index is 0.0453. The van der Waals surface area contributed by atoms with Gasteiger partial charge in [0.1, 0.15) is 6.61 Å². The topological polar surface area (TPSA) is 88.1 Å². The summed E-state index contributed by atoms with van der Waals surface area (Å²) in [6, 6.07) is 14.8. The number of carbonyl (C=O) groups is 1. The van der Waals surface area contributed by atoms with Crippen LogP contribution in [0.4, 0.5) is 5.69 Å². The highest BCUT2D eigenvalue weighted by molar-refractivity contribution is 7.92. The van der Waals surface area contributed by atoms with E-state index in [0.717, 1.165) is 28.7 Å². The summed E-state index contributed by atoms with van der Waals surface area (Å²) in [6.07, 6.45) is 1.67. The number of anilines is 1. The number of rotatable bonds is 6. The van der Waals surface area contributed by atoms with Crippen LogP contribution in [-0.2, 0) is 19.6 Å². The first-order valence-electron chi connectivity index (χ1n) is 8.80.